The van der Waals surface area contributed by atoms with Crippen molar-refractivity contribution in [1.29, 1.82) is 0 Å². The van der Waals surface area contributed by atoms with E-state index in [1.807, 2.05) is 0 Å². The van der Waals surface area contributed by atoms with Gasteiger partial charge in [-0.25, -0.2) is 9.59 Å². The van der Waals surface area contributed by atoms with Crippen LogP contribution >= 0.6 is 0 Å². The molecular weight excluding hydrogens is 264 g/mol. The predicted octanol–water partition coefficient (Wildman–Crippen LogP) is 0.717. The van der Waals surface area contributed by atoms with E-state index in [-0.39, 0.29) is 0 Å². The molecule has 20 heavy (non-hydrogen) atoms. The third kappa shape index (κ3) is 4.70. The molecule has 4 N–H and O–H groups in total. The molecule has 1 aromatic carbocycles. The maximum absolute atomic E-state index is 11.6. The Morgan fingerprint density at radius 3 is 2.55 bits per heavy atom. The zero-order chi connectivity index (χ0) is 15.1. The number of anilines is 1. The van der Waals surface area contributed by atoms with Crippen LogP contribution in [0.4, 0.5) is 10.5 Å². The fourth-order valence-electron chi connectivity index (χ4n) is 1.39. The largest absolute Gasteiger partial charge is 0.481 e. The molecule has 1 rings (SSSR count). The number of benzene rings is 1. The van der Waals surface area contributed by atoms with Crippen LogP contribution in [-0.4, -0.2) is 34.2 Å². The van der Waals surface area contributed by atoms with E-state index in [1.165, 1.54) is 6.07 Å². The second-order valence-electron chi connectivity index (χ2n) is 3.81. The Morgan fingerprint density at radius 2 is 2.00 bits per heavy atom. The van der Waals surface area contributed by atoms with E-state index >= 15 is 0 Å². The molecule has 1 atom stereocenters. The molecule has 0 aromatic heterocycles. The first-order chi connectivity index (χ1) is 9.42. The average Bonchev–Trinajstić information content (AvgIpc) is 2.37. The summed E-state index contributed by atoms with van der Waals surface area (Å²) in [5, 5.41) is 21.8. The van der Waals surface area contributed by atoms with Gasteiger partial charge in [0.25, 0.3) is 0 Å². The molecular formula is C13H12N2O5. The van der Waals surface area contributed by atoms with Gasteiger partial charge in [-0.15, -0.1) is 6.42 Å². The molecule has 1 unspecified atom stereocenters. The first-order valence-corrected chi connectivity index (χ1v) is 5.51. The molecule has 0 aliphatic heterocycles. The van der Waals surface area contributed by atoms with Crippen molar-refractivity contribution in [2.24, 2.45) is 0 Å². The van der Waals surface area contributed by atoms with Gasteiger partial charge in [0.2, 0.25) is 0 Å². The van der Waals surface area contributed by atoms with E-state index in [4.69, 9.17) is 16.6 Å². The van der Waals surface area contributed by atoms with Crippen LogP contribution in [0.25, 0.3) is 0 Å². The number of urea groups is 1. The summed E-state index contributed by atoms with van der Waals surface area (Å²) in [5.74, 6) is -0.375. The Bertz CT molecular complexity index is 576. The van der Waals surface area contributed by atoms with Crippen LogP contribution in [0.1, 0.15) is 12.0 Å². The lowest BCUT2D eigenvalue weighted by Crippen LogP contribution is -2.44. The van der Waals surface area contributed by atoms with Gasteiger partial charge in [-0.05, 0) is 18.2 Å². The molecule has 0 saturated carbocycles. The minimum atomic E-state index is -1.51. The molecule has 0 radical (unpaired) electrons. The minimum Gasteiger partial charge on any atom is -0.481 e. The van der Waals surface area contributed by atoms with E-state index in [0.717, 1.165) is 0 Å². The highest BCUT2D eigenvalue weighted by Crippen LogP contribution is 2.09. The number of nitrogens with one attached hydrogen (secondary N) is 2. The Morgan fingerprint density at radius 1 is 1.30 bits per heavy atom. The number of carboxylic acid groups (broad SMARTS) is 2. The minimum absolute atomic E-state index is 0.373. The third-order valence-electron chi connectivity index (χ3n) is 2.27. The molecule has 0 aliphatic carbocycles. The number of terminal acetylenes is 1. The van der Waals surface area contributed by atoms with Crippen LogP contribution in [-0.2, 0) is 9.59 Å². The second-order valence-corrected chi connectivity index (χ2v) is 3.81. The van der Waals surface area contributed by atoms with Gasteiger partial charge in [0.05, 0.1) is 6.42 Å². The van der Waals surface area contributed by atoms with Crippen LogP contribution in [0.3, 0.4) is 0 Å². The van der Waals surface area contributed by atoms with E-state index < -0.39 is 30.4 Å². The standard InChI is InChI=1S/C13H12N2O5/c1-2-8-4-3-5-9(6-8)14-13(20)15-10(12(18)19)7-11(16)17/h1,3-6,10H,7H2,(H,16,17)(H,18,19)(H2,14,15,20). The van der Waals surface area contributed by atoms with Gasteiger partial charge >= 0.3 is 18.0 Å². The van der Waals surface area contributed by atoms with Crippen molar-refractivity contribution in [3.63, 3.8) is 0 Å². The molecule has 0 aliphatic rings. The maximum Gasteiger partial charge on any atom is 0.326 e. The number of amides is 2. The molecule has 2 amide bonds. The first kappa shape index (κ1) is 15.0. The molecule has 0 heterocycles. The van der Waals surface area contributed by atoms with Crippen LogP contribution in [0, 0.1) is 12.3 Å². The van der Waals surface area contributed by atoms with Crippen molar-refractivity contribution >= 4 is 23.7 Å². The summed E-state index contributed by atoms with van der Waals surface area (Å²) in [6.07, 6.45) is 4.49. The molecule has 1 aromatic rings. The van der Waals surface area contributed by atoms with Gasteiger partial charge in [0, 0.05) is 11.3 Å². The van der Waals surface area contributed by atoms with Crippen LogP contribution in [0.2, 0.25) is 0 Å². The van der Waals surface area contributed by atoms with Gasteiger partial charge in [-0.3, -0.25) is 4.79 Å². The van der Waals surface area contributed by atoms with Crippen molar-refractivity contribution in [2.75, 3.05) is 5.32 Å². The smallest absolute Gasteiger partial charge is 0.326 e. The third-order valence-corrected chi connectivity index (χ3v) is 2.27. The van der Waals surface area contributed by atoms with Crippen LogP contribution in [0.15, 0.2) is 24.3 Å². The number of hydrogen-bond donors (Lipinski definition) is 4. The quantitative estimate of drug-likeness (QED) is 0.591. The summed E-state index contributed by atoms with van der Waals surface area (Å²) in [5.41, 5.74) is 0.917. The second kappa shape index (κ2) is 6.80. The lowest BCUT2D eigenvalue weighted by atomic mass is 10.2. The number of carboxylic acids is 2. The molecule has 0 saturated heterocycles. The van der Waals surface area contributed by atoms with Crippen molar-refractivity contribution < 1.29 is 24.6 Å². The van der Waals surface area contributed by atoms with Gasteiger partial charge in [0.15, 0.2) is 0 Å². The van der Waals surface area contributed by atoms with E-state index in [2.05, 4.69) is 16.6 Å². The number of carbonyl (C=O) groups excluding carboxylic acids is 1. The van der Waals surface area contributed by atoms with Gasteiger partial charge in [-0.2, -0.15) is 0 Å². The van der Waals surface area contributed by atoms with Crippen molar-refractivity contribution in [3.8, 4) is 12.3 Å². The summed E-state index contributed by atoms with van der Waals surface area (Å²) < 4.78 is 0. The molecule has 7 nitrogen and oxygen atoms in total. The Hall–Kier alpha value is -3.01. The first-order valence-electron chi connectivity index (χ1n) is 5.51. The number of rotatable bonds is 5. The highest BCUT2D eigenvalue weighted by Gasteiger charge is 2.22. The summed E-state index contributed by atoms with van der Waals surface area (Å²) in [4.78, 5) is 32.8. The predicted molar refractivity (Wildman–Crippen MR) is 70.2 cm³/mol. The van der Waals surface area contributed by atoms with Crippen LogP contribution < -0.4 is 10.6 Å². The highest BCUT2D eigenvalue weighted by atomic mass is 16.4. The lowest BCUT2D eigenvalue weighted by Gasteiger charge is -2.13. The number of carbonyl (C=O) groups is 3. The van der Waals surface area contributed by atoms with Crippen LogP contribution in [0.5, 0.6) is 0 Å². The van der Waals surface area contributed by atoms with E-state index in [0.29, 0.717) is 11.3 Å². The topological polar surface area (TPSA) is 116 Å². The molecule has 0 bridgehead atoms. The molecule has 104 valence electrons. The van der Waals surface area contributed by atoms with Gasteiger partial charge < -0.3 is 20.8 Å². The average molecular weight is 276 g/mol. The fraction of sp³-hybridized carbons (Fsp3) is 0.154. The SMILES string of the molecule is C#Cc1cccc(NC(=O)NC(CC(=O)O)C(=O)O)c1. The maximum atomic E-state index is 11.6. The van der Waals surface area contributed by atoms with Gasteiger partial charge in [-0.1, -0.05) is 12.0 Å². The zero-order valence-electron chi connectivity index (χ0n) is 10.3. The number of hydrogen-bond acceptors (Lipinski definition) is 3. The molecule has 7 heteroatoms. The summed E-state index contributed by atoms with van der Waals surface area (Å²) in [7, 11) is 0. The fourth-order valence-corrected chi connectivity index (χ4v) is 1.39. The molecule has 0 fully saturated rings. The summed E-state index contributed by atoms with van der Waals surface area (Å²) >= 11 is 0. The Kier molecular flexibility index (Phi) is 5.12. The van der Waals surface area contributed by atoms with Gasteiger partial charge in [0.1, 0.15) is 6.04 Å². The monoisotopic (exact) mass is 276 g/mol. The van der Waals surface area contributed by atoms with E-state index in [1.54, 1.807) is 18.2 Å². The molecule has 0 spiro atoms. The Labute approximate surface area is 114 Å². The zero-order valence-corrected chi connectivity index (χ0v) is 10.3. The van der Waals surface area contributed by atoms with Crippen molar-refractivity contribution in [3.05, 3.63) is 29.8 Å². The number of aliphatic carboxylic acids is 2. The van der Waals surface area contributed by atoms with Crippen molar-refractivity contribution in [2.45, 2.75) is 12.5 Å². The highest BCUT2D eigenvalue weighted by molar-refractivity contribution is 5.93. The summed E-state index contributed by atoms with van der Waals surface area (Å²) in [6.45, 7) is 0. The lowest BCUT2D eigenvalue weighted by molar-refractivity contribution is -0.145. The normalized spacial score (nSPS) is 10.9. The van der Waals surface area contributed by atoms with E-state index in [9.17, 15) is 14.4 Å². The Balaban J connectivity index is 2.68. The summed E-state index contributed by atoms with van der Waals surface area (Å²) in [6, 6.07) is 4.03. The van der Waals surface area contributed by atoms with Crippen molar-refractivity contribution in [1.82, 2.24) is 5.32 Å².